The van der Waals surface area contributed by atoms with Crippen LogP contribution in [0.2, 0.25) is 0 Å². The van der Waals surface area contributed by atoms with E-state index in [9.17, 15) is 4.79 Å². The lowest BCUT2D eigenvalue weighted by molar-refractivity contribution is 0.0783. The molecule has 0 saturated carbocycles. The Balaban J connectivity index is 0.00000109. The smallest absolute Gasteiger partial charge is 0.273 e. The molecule has 5 nitrogen and oxygen atoms in total. The maximum atomic E-state index is 12.4. The van der Waals surface area contributed by atoms with Crippen molar-refractivity contribution >= 4 is 17.4 Å². The van der Waals surface area contributed by atoms with E-state index in [4.69, 9.17) is 4.74 Å². The molecule has 28 heavy (non-hydrogen) atoms. The van der Waals surface area contributed by atoms with E-state index in [1.165, 1.54) is 16.7 Å². The number of amides is 1. The zero-order chi connectivity index (χ0) is 20.3. The van der Waals surface area contributed by atoms with Gasteiger partial charge in [0.05, 0.1) is 6.61 Å². The summed E-state index contributed by atoms with van der Waals surface area (Å²) in [6.45, 7) is 13.2. The van der Waals surface area contributed by atoms with E-state index < -0.39 is 0 Å². The van der Waals surface area contributed by atoms with Crippen molar-refractivity contribution in [2.75, 3.05) is 25.1 Å². The lowest BCUT2D eigenvalue weighted by Crippen LogP contribution is -2.23. The summed E-state index contributed by atoms with van der Waals surface area (Å²) in [6.07, 6.45) is 1.04. The largest absolute Gasteiger partial charge is 0.381 e. The van der Waals surface area contributed by atoms with E-state index in [1.807, 2.05) is 37.8 Å². The minimum absolute atomic E-state index is 0.0238. The average Bonchev–Trinajstić information content (AvgIpc) is 3.35. The summed E-state index contributed by atoms with van der Waals surface area (Å²) in [4.78, 5) is 18.9. The Morgan fingerprint density at radius 2 is 1.96 bits per heavy atom. The van der Waals surface area contributed by atoms with Gasteiger partial charge in [-0.3, -0.25) is 4.79 Å². The van der Waals surface area contributed by atoms with Crippen molar-refractivity contribution in [1.29, 1.82) is 0 Å². The number of carbonyl (C=O) groups excluding carboxylic acids is 1. The Bertz CT molecular complexity index is 857. The van der Waals surface area contributed by atoms with Crippen LogP contribution in [0.1, 0.15) is 65.9 Å². The molecular weight excluding hydrogens is 350 g/mol. The van der Waals surface area contributed by atoms with Crippen molar-refractivity contribution < 1.29 is 9.53 Å². The maximum absolute atomic E-state index is 12.4. The van der Waals surface area contributed by atoms with E-state index in [0.717, 1.165) is 36.7 Å². The molecule has 0 radical (unpaired) electrons. The molecule has 1 unspecified atom stereocenters. The van der Waals surface area contributed by atoms with Gasteiger partial charge >= 0.3 is 0 Å². The first-order valence-corrected chi connectivity index (χ1v) is 10.3. The number of aromatic nitrogens is 1. The van der Waals surface area contributed by atoms with Gasteiger partial charge in [0, 0.05) is 36.9 Å². The number of nitrogens with one attached hydrogen (secondary N) is 1. The third-order valence-electron chi connectivity index (χ3n) is 5.51. The van der Waals surface area contributed by atoms with E-state index in [-0.39, 0.29) is 5.91 Å². The minimum Gasteiger partial charge on any atom is -0.381 e. The highest BCUT2D eigenvalue weighted by Crippen LogP contribution is 2.35. The van der Waals surface area contributed by atoms with Gasteiger partial charge in [0.25, 0.3) is 5.91 Å². The predicted molar refractivity (Wildman–Crippen MR) is 113 cm³/mol. The van der Waals surface area contributed by atoms with Crippen molar-refractivity contribution in [3.8, 4) is 0 Å². The van der Waals surface area contributed by atoms with Crippen molar-refractivity contribution in [1.82, 2.24) is 9.88 Å². The van der Waals surface area contributed by atoms with E-state index in [2.05, 4.69) is 36.3 Å². The molecule has 2 aliphatic heterocycles. The molecule has 1 fully saturated rings. The second-order valence-electron chi connectivity index (χ2n) is 7.23. The number of benzene rings is 1. The molecular formula is C23H31N3O2. The SMILES string of the molecule is CC.CCN1Cc2ccc(Nc3cc(C)c(C)cc3C3CCOC3)nc2C1=O. The molecule has 0 spiro atoms. The lowest BCUT2D eigenvalue weighted by Gasteiger charge is -2.18. The Labute approximate surface area is 168 Å². The third kappa shape index (κ3) is 3.90. The van der Waals surface area contributed by atoms with Crippen LogP contribution in [0.5, 0.6) is 0 Å². The number of fused-ring (bicyclic) bond motifs is 1. The second kappa shape index (κ2) is 8.74. The number of pyridine rings is 1. The maximum Gasteiger partial charge on any atom is 0.273 e. The summed E-state index contributed by atoms with van der Waals surface area (Å²) >= 11 is 0. The number of carbonyl (C=O) groups is 1. The number of hydrogen-bond donors (Lipinski definition) is 1. The average molecular weight is 382 g/mol. The highest BCUT2D eigenvalue weighted by atomic mass is 16.5. The first-order chi connectivity index (χ1) is 13.6. The summed E-state index contributed by atoms with van der Waals surface area (Å²) in [5.41, 5.74) is 6.44. The van der Waals surface area contributed by atoms with Gasteiger partial charge in [-0.1, -0.05) is 26.0 Å². The molecule has 1 aromatic carbocycles. The van der Waals surface area contributed by atoms with Gasteiger partial charge in [-0.05, 0) is 56.0 Å². The molecule has 2 aromatic rings. The molecule has 1 aromatic heterocycles. The molecule has 4 rings (SSSR count). The topological polar surface area (TPSA) is 54.5 Å². The standard InChI is InChI=1S/C21H25N3O2.C2H6/c1-4-24-11-15-5-6-19(23-20(15)21(24)25)22-18-10-14(3)13(2)9-17(18)16-7-8-26-12-16;1-2/h5-6,9-10,16H,4,7-8,11-12H2,1-3H3,(H,22,23);1-2H3. The second-order valence-corrected chi connectivity index (χ2v) is 7.23. The number of rotatable bonds is 4. The van der Waals surface area contributed by atoms with Gasteiger partial charge in [-0.25, -0.2) is 4.98 Å². The molecule has 5 heteroatoms. The fourth-order valence-electron chi connectivity index (χ4n) is 3.76. The minimum atomic E-state index is 0.0238. The number of anilines is 2. The van der Waals surface area contributed by atoms with Crippen LogP contribution >= 0.6 is 0 Å². The molecule has 1 atom stereocenters. The van der Waals surface area contributed by atoms with Gasteiger partial charge in [-0.15, -0.1) is 0 Å². The number of nitrogens with zero attached hydrogens (tertiary/aromatic N) is 2. The van der Waals surface area contributed by atoms with E-state index >= 15 is 0 Å². The van der Waals surface area contributed by atoms with Crippen molar-refractivity contribution in [3.63, 3.8) is 0 Å². The normalized spacial score (nSPS) is 18.0. The molecule has 1 amide bonds. The monoisotopic (exact) mass is 381 g/mol. The molecule has 3 heterocycles. The predicted octanol–water partition coefficient (Wildman–Crippen LogP) is 4.95. The van der Waals surface area contributed by atoms with Crippen LogP contribution in [-0.2, 0) is 11.3 Å². The molecule has 0 bridgehead atoms. The molecule has 150 valence electrons. The van der Waals surface area contributed by atoms with Crippen molar-refractivity contribution in [2.45, 2.75) is 53.5 Å². The molecule has 1 saturated heterocycles. The first kappa shape index (κ1) is 20.3. The summed E-state index contributed by atoms with van der Waals surface area (Å²) in [5.74, 6) is 1.15. The lowest BCUT2D eigenvalue weighted by atomic mass is 9.93. The highest BCUT2D eigenvalue weighted by molar-refractivity contribution is 5.96. The van der Waals surface area contributed by atoms with Crippen molar-refractivity contribution in [2.24, 2.45) is 0 Å². The quantitative estimate of drug-likeness (QED) is 0.814. The van der Waals surface area contributed by atoms with Crippen LogP contribution in [0.3, 0.4) is 0 Å². The number of hydrogen-bond acceptors (Lipinski definition) is 4. The Hall–Kier alpha value is -2.40. The Morgan fingerprint density at radius 3 is 2.64 bits per heavy atom. The number of ether oxygens (including phenoxy) is 1. The Morgan fingerprint density at radius 1 is 1.21 bits per heavy atom. The van der Waals surface area contributed by atoms with Crippen LogP contribution in [0.4, 0.5) is 11.5 Å². The van der Waals surface area contributed by atoms with E-state index in [0.29, 0.717) is 24.7 Å². The highest BCUT2D eigenvalue weighted by Gasteiger charge is 2.28. The number of aryl methyl sites for hydroxylation is 2. The first-order valence-electron chi connectivity index (χ1n) is 10.3. The van der Waals surface area contributed by atoms with Gasteiger partial charge < -0.3 is 15.0 Å². The fraction of sp³-hybridized carbons (Fsp3) is 0.478. The van der Waals surface area contributed by atoms with Crippen LogP contribution in [-0.4, -0.2) is 35.5 Å². The van der Waals surface area contributed by atoms with Crippen molar-refractivity contribution in [3.05, 3.63) is 52.2 Å². The summed E-state index contributed by atoms with van der Waals surface area (Å²) in [5, 5.41) is 3.46. The van der Waals surface area contributed by atoms with E-state index in [1.54, 1.807) is 0 Å². The van der Waals surface area contributed by atoms with Gasteiger partial charge in [0.15, 0.2) is 0 Å². The zero-order valence-corrected chi connectivity index (χ0v) is 17.6. The third-order valence-corrected chi connectivity index (χ3v) is 5.51. The molecule has 0 aliphatic carbocycles. The van der Waals surface area contributed by atoms with Gasteiger partial charge in [-0.2, -0.15) is 0 Å². The summed E-state index contributed by atoms with van der Waals surface area (Å²) in [6, 6.07) is 8.42. The van der Waals surface area contributed by atoms with Crippen LogP contribution in [0, 0.1) is 13.8 Å². The zero-order valence-electron chi connectivity index (χ0n) is 17.6. The Kier molecular flexibility index (Phi) is 6.35. The van der Waals surface area contributed by atoms with Crippen LogP contribution in [0.15, 0.2) is 24.3 Å². The van der Waals surface area contributed by atoms with Crippen LogP contribution < -0.4 is 5.32 Å². The van der Waals surface area contributed by atoms with Crippen LogP contribution in [0.25, 0.3) is 0 Å². The fourth-order valence-corrected chi connectivity index (χ4v) is 3.76. The van der Waals surface area contributed by atoms with Gasteiger partial charge in [0.1, 0.15) is 11.5 Å². The molecule has 1 N–H and O–H groups in total. The molecule has 2 aliphatic rings. The van der Waals surface area contributed by atoms with Gasteiger partial charge in [0.2, 0.25) is 0 Å². The summed E-state index contributed by atoms with van der Waals surface area (Å²) in [7, 11) is 0. The summed E-state index contributed by atoms with van der Waals surface area (Å²) < 4.78 is 5.59.